The van der Waals surface area contributed by atoms with Gasteiger partial charge in [-0.3, -0.25) is 14.3 Å². The third kappa shape index (κ3) is 6.20. The zero-order chi connectivity index (χ0) is 24.2. The van der Waals surface area contributed by atoms with E-state index in [-0.39, 0.29) is 16.4 Å². The molecule has 0 aliphatic carbocycles. The van der Waals surface area contributed by atoms with Crippen LogP contribution in [0.1, 0.15) is 47.1 Å². The minimum atomic E-state index is -3.91. The van der Waals surface area contributed by atoms with Gasteiger partial charge in [-0.15, -0.1) is 0 Å². The average molecular weight is 466 g/mol. The van der Waals surface area contributed by atoms with Gasteiger partial charge in [0, 0.05) is 16.8 Å². The molecule has 0 fully saturated rings. The van der Waals surface area contributed by atoms with E-state index in [0.29, 0.717) is 22.5 Å². The Morgan fingerprint density at radius 3 is 2.12 bits per heavy atom. The molecule has 0 saturated carbocycles. The second kappa shape index (κ2) is 9.46. The molecule has 0 spiro atoms. The van der Waals surface area contributed by atoms with Crippen molar-refractivity contribution in [2.24, 2.45) is 0 Å². The molecule has 7 nitrogen and oxygen atoms in total. The minimum absolute atomic E-state index is 0.00207. The van der Waals surface area contributed by atoms with Crippen molar-refractivity contribution in [1.82, 2.24) is 5.32 Å². The fraction of sp³-hybridized carbons (Fsp3) is 0.200. The average Bonchev–Trinajstić information content (AvgIpc) is 2.73. The molecular formula is C25H27N3O4S. The van der Waals surface area contributed by atoms with E-state index >= 15 is 0 Å². The maximum atomic E-state index is 13.0. The lowest BCUT2D eigenvalue weighted by molar-refractivity contribution is 0.0920. The van der Waals surface area contributed by atoms with E-state index in [9.17, 15) is 18.0 Å². The molecular weight excluding hydrogens is 438 g/mol. The van der Waals surface area contributed by atoms with Crippen molar-refractivity contribution in [2.75, 3.05) is 10.0 Å². The predicted molar refractivity (Wildman–Crippen MR) is 130 cm³/mol. The summed E-state index contributed by atoms with van der Waals surface area (Å²) in [5, 5.41) is 5.60. The zero-order valence-electron chi connectivity index (χ0n) is 19.0. The summed E-state index contributed by atoms with van der Waals surface area (Å²) >= 11 is 0. The number of carbonyl (C=O) groups excluding carboxylic acids is 2. The Hall–Kier alpha value is -3.65. The number of aryl methyl sites for hydroxylation is 1. The van der Waals surface area contributed by atoms with Crippen LogP contribution >= 0.6 is 0 Å². The highest BCUT2D eigenvalue weighted by molar-refractivity contribution is 7.92. The lowest BCUT2D eigenvalue weighted by Gasteiger charge is -2.21. The molecule has 0 radical (unpaired) electrons. The molecule has 0 unspecified atom stereocenters. The molecule has 0 atom stereocenters. The van der Waals surface area contributed by atoms with Gasteiger partial charge in [-0.1, -0.05) is 36.4 Å². The van der Waals surface area contributed by atoms with Crippen molar-refractivity contribution in [1.29, 1.82) is 0 Å². The monoisotopic (exact) mass is 465 g/mol. The van der Waals surface area contributed by atoms with Gasteiger partial charge in [0.1, 0.15) is 0 Å². The molecule has 2 amide bonds. The number of para-hydroxylation sites is 2. The van der Waals surface area contributed by atoms with Crippen LogP contribution in [0.4, 0.5) is 11.4 Å². The maximum Gasteiger partial charge on any atom is 0.262 e. The molecule has 0 aromatic heterocycles. The highest BCUT2D eigenvalue weighted by atomic mass is 32.2. The predicted octanol–water partition coefficient (Wildman–Crippen LogP) is 4.58. The summed E-state index contributed by atoms with van der Waals surface area (Å²) in [4.78, 5) is 25.6. The van der Waals surface area contributed by atoms with Crippen molar-refractivity contribution in [3.05, 3.63) is 89.5 Å². The van der Waals surface area contributed by atoms with Crippen molar-refractivity contribution in [2.45, 2.75) is 38.1 Å². The van der Waals surface area contributed by atoms with Gasteiger partial charge in [-0.25, -0.2) is 8.42 Å². The first kappa shape index (κ1) is 24.0. The van der Waals surface area contributed by atoms with E-state index in [1.54, 1.807) is 73.7 Å². The first-order chi connectivity index (χ1) is 15.5. The van der Waals surface area contributed by atoms with Gasteiger partial charge in [0.05, 0.1) is 16.1 Å². The molecule has 0 heterocycles. The number of benzene rings is 3. The summed E-state index contributed by atoms with van der Waals surface area (Å²) in [6.45, 7) is 7.25. The summed E-state index contributed by atoms with van der Waals surface area (Å²) in [5.41, 5.74) is 1.27. The summed E-state index contributed by atoms with van der Waals surface area (Å²) < 4.78 is 28.4. The maximum absolute atomic E-state index is 13.0. The molecule has 0 bridgehead atoms. The molecule has 172 valence electrons. The van der Waals surface area contributed by atoms with Crippen LogP contribution < -0.4 is 15.4 Å². The Kier molecular flexibility index (Phi) is 6.88. The van der Waals surface area contributed by atoms with Crippen LogP contribution in [0.15, 0.2) is 77.7 Å². The van der Waals surface area contributed by atoms with Crippen LogP contribution in [0.3, 0.4) is 0 Å². The Balaban J connectivity index is 1.88. The third-order valence-corrected chi connectivity index (χ3v) is 6.20. The van der Waals surface area contributed by atoms with Crippen LogP contribution in [-0.2, 0) is 10.0 Å². The first-order valence-electron chi connectivity index (χ1n) is 10.4. The van der Waals surface area contributed by atoms with Crippen molar-refractivity contribution >= 4 is 33.2 Å². The molecule has 8 heteroatoms. The van der Waals surface area contributed by atoms with Crippen LogP contribution in [-0.4, -0.2) is 25.8 Å². The smallest absolute Gasteiger partial charge is 0.262 e. The highest BCUT2D eigenvalue weighted by Crippen LogP contribution is 2.22. The van der Waals surface area contributed by atoms with Gasteiger partial charge in [0.2, 0.25) is 0 Å². The number of rotatable bonds is 6. The van der Waals surface area contributed by atoms with Crippen LogP contribution in [0, 0.1) is 6.92 Å². The van der Waals surface area contributed by atoms with Crippen LogP contribution in [0.5, 0.6) is 0 Å². The van der Waals surface area contributed by atoms with E-state index in [0.717, 1.165) is 0 Å². The lowest BCUT2D eigenvalue weighted by atomic mass is 10.1. The fourth-order valence-electron chi connectivity index (χ4n) is 3.14. The molecule has 3 aromatic rings. The van der Waals surface area contributed by atoms with Crippen molar-refractivity contribution in [3.8, 4) is 0 Å². The Bertz CT molecular complexity index is 1280. The third-order valence-electron chi connectivity index (χ3n) is 4.67. The van der Waals surface area contributed by atoms with Gasteiger partial charge in [-0.2, -0.15) is 0 Å². The number of hydrogen-bond acceptors (Lipinski definition) is 4. The fourth-order valence-corrected chi connectivity index (χ4v) is 4.47. The summed E-state index contributed by atoms with van der Waals surface area (Å²) in [6.07, 6.45) is 0. The standard InChI is InChI=1S/C25H27N3O4S/c1-17-14-15-18(16-22(17)33(31,32)28-19-10-6-5-7-11-19)23(29)26-21-13-9-8-12-20(21)24(30)27-25(2,3)4/h5-16,28H,1-4H3,(H,26,29)(H,27,30). The number of anilines is 2. The van der Waals surface area contributed by atoms with E-state index in [4.69, 9.17) is 0 Å². The summed E-state index contributed by atoms with van der Waals surface area (Å²) in [6, 6.07) is 19.6. The van der Waals surface area contributed by atoms with Gasteiger partial charge in [0.15, 0.2) is 0 Å². The molecule has 33 heavy (non-hydrogen) atoms. The Labute approximate surface area is 194 Å². The zero-order valence-corrected chi connectivity index (χ0v) is 19.8. The van der Waals surface area contributed by atoms with E-state index < -0.39 is 21.5 Å². The normalized spacial score (nSPS) is 11.5. The number of nitrogens with one attached hydrogen (secondary N) is 3. The topological polar surface area (TPSA) is 104 Å². The van der Waals surface area contributed by atoms with Crippen LogP contribution in [0.25, 0.3) is 0 Å². The summed E-state index contributed by atoms with van der Waals surface area (Å²) in [5.74, 6) is -0.847. The second-order valence-electron chi connectivity index (χ2n) is 8.66. The Morgan fingerprint density at radius 1 is 0.818 bits per heavy atom. The van der Waals surface area contributed by atoms with E-state index in [1.807, 2.05) is 20.8 Å². The minimum Gasteiger partial charge on any atom is -0.347 e. The lowest BCUT2D eigenvalue weighted by Crippen LogP contribution is -2.40. The van der Waals surface area contributed by atoms with Gasteiger partial charge in [0.25, 0.3) is 21.8 Å². The molecule has 0 aliphatic rings. The number of carbonyl (C=O) groups is 2. The first-order valence-corrected chi connectivity index (χ1v) is 11.9. The van der Waals surface area contributed by atoms with E-state index in [1.165, 1.54) is 6.07 Å². The summed E-state index contributed by atoms with van der Waals surface area (Å²) in [7, 11) is -3.91. The van der Waals surface area contributed by atoms with Crippen molar-refractivity contribution in [3.63, 3.8) is 0 Å². The van der Waals surface area contributed by atoms with E-state index in [2.05, 4.69) is 15.4 Å². The van der Waals surface area contributed by atoms with Crippen molar-refractivity contribution < 1.29 is 18.0 Å². The number of sulfonamides is 1. The largest absolute Gasteiger partial charge is 0.347 e. The van der Waals surface area contributed by atoms with Crippen LogP contribution in [0.2, 0.25) is 0 Å². The SMILES string of the molecule is Cc1ccc(C(=O)Nc2ccccc2C(=O)NC(C)(C)C)cc1S(=O)(=O)Nc1ccccc1. The Morgan fingerprint density at radius 2 is 1.45 bits per heavy atom. The number of amides is 2. The van der Waals surface area contributed by atoms with Gasteiger partial charge < -0.3 is 10.6 Å². The molecule has 3 N–H and O–H groups in total. The second-order valence-corrected chi connectivity index (χ2v) is 10.3. The van der Waals surface area contributed by atoms with Gasteiger partial charge in [-0.05, 0) is 69.7 Å². The molecule has 3 rings (SSSR count). The molecule has 3 aromatic carbocycles. The van der Waals surface area contributed by atoms with Gasteiger partial charge >= 0.3 is 0 Å². The number of hydrogen-bond donors (Lipinski definition) is 3. The highest BCUT2D eigenvalue weighted by Gasteiger charge is 2.21. The molecule has 0 aliphatic heterocycles. The quantitative estimate of drug-likeness (QED) is 0.496. The molecule has 0 saturated heterocycles.